The SMILES string of the molecule is CC(=O)N1CCc2ccccc2C1CC(=O)N1CCN(S(=O)(=O)c2ccc(C)c(C)c2)CC1. The lowest BCUT2D eigenvalue weighted by Crippen LogP contribution is -2.51. The van der Waals surface area contributed by atoms with Crippen LogP contribution in [0.3, 0.4) is 0 Å². The van der Waals surface area contributed by atoms with E-state index in [1.807, 2.05) is 38.1 Å². The van der Waals surface area contributed by atoms with E-state index in [1.54, 1.807) is 28.9 Å². The summed E-state index contributed by atoms with van der Waals surface area (Å²) in [6.07, 6.45) is 0.996. The van der Waals surface area contributed by atoms with Crippen molar-refractivity contribution in [1.82, 2.24) is 14.1 Å². The Bertz CT molecular complexity index is 1170. The fourth-order valence-corrected chi connectivity index (χ4v) is 6.25. The smallest absolute Gasteiger partial charge is 0.243 e. The van der Waals surface area contributed by atoms with Gasteiger partial charge in [0.2, 0.25) is 21.8 Å². The number of carbonyl (C=O) groups is 2. The van der Waals surface area contributed by atoms with Gasteiger partial charge in [0.25, 0.3) is 0 Å². The number of fused-ring (bicyclic) bond motifs is 1. The first-order valence-corrected chi connectivity index (χ1v) is 12.8. The first-order valence-electron chi connectivity index (χ1n) is 11.4. The predicted octanol–water partition coefficient (Wildman–Crippen LogP) is 2.67. The molecule has 1 unspecified atom stereocenters. The van der Waals surface area contributed by atoms with Crippen LogP contribution in [0.15, 0.2) is 47.4 Å². The Morgan fingerprint density at radius 3 is 2.30 bits per heavy atom. The van der Waals surface area contributed by atoms with E-state index in [1.165, 1.54) is 9.87 Å². The summed E-state index contributed by atoms with van der Waals surface area (Å²) in [6, 6.07) is 12.9. The summed E-state index contributed by atoms with van der Waals surface area (Å²) < 4.78 is 27.6. The summed E-state index contributed by atoms with van der Waals surface area (Å²) in [7, 11) is -3.60. The molecule has 0 saturated carbocycles. The van der Waals surface area contributed by atoms with Crippen LogP contribution >= 0.6 is 0 Å². The van der Waals surface area contributed by atoms with E-state index in [0.29, 0.717) is 24.5 Å². The van der Waals surface area contributed by atoms with Crippen molar-refractivity contribution in [2.45, 2.75) is 44.6 Å². The zero-order chi connectivity index (χ0) is 23.8. The number of aryl methyl sites for hydroxylation is 2. The van der Waals surface area contributed by atoms with E-state index in [-0.39, 0.29) is 37.4 Å². The molecule has 0 aliphatic carbocycles. The molecular formula is C25H31N3O4S. The molecule has 0 N–H and O–H groups in total. The van der Waals surface area contributed by atoms with Gasteiger partial charge in [0, 0.05) is 39.6 Å². The minimum Gasteiger partial charge on any atom is -0.340 e. The molecule has 1 atom stereocenters. The molecule has 2 aromatic carbocycles. The fourth-order valence-electron chi connectivity index (χ4n) is 4.74. The van der Waals surface area contributed by atoms with Crippen LogP contribution in [0, 0.1) is 13.8 Å². The van der Waals surface area contributed by atoms with Crippen LogP contribution in [0.5, 0.6) is 0 Å². The Labute approximate surface area is 196 Å². The molecule has 0 aromatic heterocycles. The first kappa shape index (κ1) is 23.4. The van der Waals surface area contributed by atoms with E-state index in [0.717, 1.165) is 23.1 Å². The molecule has 0 radical (unpaired) electrons. The third-order valence-electron chi connectivity index (χ3n) is 6.89. The third kappa shape index (κ3) is 4.68. The van der Waals surface area contributed by atoms with Gasteiger partial charge >= 0.3 is 0 Å². The molecule has 1 saturated heterocycles. The predicted molar refractivity (Wildman–Crippen MR) is 126 cm³/mol. The highest BCUT2D eigenvalue weighted by molar-refractivity contribution is 7.89. The lowest BCUT2D eigenvalue weighted by molar-refractivity contribution is -0.137. The first-order chi connectivity index (χ1) is 15.7. The van der Waals surface area contributed by atoms with E-state index in [9.17, 15) is 18.0 Å². The molecule has 2 aliphatic rings. The lowest BCUT2D eigenvalue weighted by Gasteiger charge is -2.39. The number of carbonyl (C=O) groups excluding carboxylic acids is 2. The number of amides is 2. The van der Waals surface area contributed by atoms with Gasteiger partial charge in [0.15, 0.2) is 0 Å². The number of benzene rings is 2. The molecule has 2 amide bonds. The van der Waals surface area contributed by atoms with Crippen molar-refractivity contribution in [3.05, 3.63) is 64.7 Å². The second-order valence-electron chi connectivity index (χ2n) is 8.91. The molecule has 0 bridgehead atoms. The number of rotatable bonds is 4. The van der Waals surface area contributed by atoms with Crippen molar-refractivity contribution in [3.8, 4) is 0 Å². The molecule has 4 rings (SSSR count). The molecule has 2 heterocycles. The van der Waals surface area contributed by atoms with E-state index in [4.69, 9.17) is 0 Å². The number of hydrogen-bond donors (Lipinski definition) is 0. The molecule has 0 spiro atoms. The van der Waals surface area contributed by atoms with E-state index in [2.05, 4.69) is 6.07 Å². The highest BCUT2D eigenvalue weighted by Gasteiger charge is 2.34. The topological polar surface area (TPSA) is 78.0 Å². The maximum atomic E-state index is 13.2. The molecule has 176 valence electrons. The molecule has 2 aromatic rings. The fraction of sp³-hybridized carbons (Fsp3) is 0.440. The molecule has 8 heteroatoms. The third-order valence-corrected chi connectivity index (χ3v) is 8.79. The molecule has 2 aliphatic heterocycles. The maximum Gasteiger partial charge on any atom is 0.243 e. The van der Waals surface area contributed by atoms with Gasteiger partial charge in [-0.15, -0.1) is 0 Å². The maximum absolute atomic E-state index is 13.2. The summed E-state index contributed by atoms with van der Waals surface area (Å²) in [5.41, 5.74) is 4.20. The molecule has 1 fully saturated rings. The highest BCUT2D eigenvalue weighted by Crippen LogP contribution is 2.33. The summed E-state index contributed by atoms with van der Waals surface area (Å²) in [5.74, 6) is -0.0854. The quantitative estimate of drug-likeness (QED) is 0.690. The Morgan fingerprint density at radius 1 is 0.939 bits per heavy atom. The van der Waals surface area contributed by atoms with Crippen molar-refractivity contribution >= 4 is 21.8 Å². The monoisotopic (exact) mass is 469 g/mol. The molecular weight excluding hydrogens is 438 g/mol. The number of hydrogen-bond acceptors (Lipinski definition) is 4. The van der Waals surface area contributed by atoms with Gasteiger partial charge in [-0.3, -0.25) is 9.59 Å². The zero-order valence-corrected chi connectivity index (χ0v) is 20.3. The van der Waals surface area contributed by atoms with Crippen LogP contribution < -0.4 is 0 Å². The van der Waals surface area contributed by atoms with Crippen molar-refractivity contribution in [1.29, 1.82) is 0 Å². The van der Waals surface area contributed by atoms with Gasteiger partial charge in [0.1, 0.15) is 0 Å². The molecule has 33 heavy (non-hydrogen) atoms. The van der Waals surface area contributed by atoms with Crippen LogP contribution in [0.4, 0.5) is 0 Å². The number of sulfonamides is 1. The average Bonchev–Trinajstić information content (AvgIpc) is 2.80. The Kier molecular flexibility index (Phi) is 6.59. The minimum absolute atomic E-state index is 0.0355. The summed E-state index contributed by atoms with van der Waals surface area (Å²) in [6.45, 7) is 7.22. The van der Waals surface area contributed by atoms with Gasteiger partial charge in [-0.2, -0.15) is 4.31 Å². The van der Waals surface area contributed by atoms with Crippen LogP contribution in [-0.2, 0) is 26.0 Å². The van der Waals surface area contributed by atoms with Gasteiger partial charge in [0.05, 0.1) is 17.4 Å². The number of nitrogens with zero attached hydrogens (tertiary/aromatic N) is 3. The van der Waals surface area contributed by atoms with Crippen molar-refractivity contribution in [2.24, 2.45) is 0 Å². The van der Waals surface area contributed by atoms with Gasteiger partial charge in [-0.25, -0.2) is 8.42 Å². The summed E-state index contributed by atoms with van der Waals surface area (Å²) in [4.78, 5) is 29.2. The van der Waals surface area contributed by atoms with E-state index < -0.39 is 10.0 Å². The van der Waals surface area contributed by atoms with Crippen molar-refractivity contribution in [2.75, 3.05) is 32.7 Å². The Balaban J connectivity index is 1.44. The minimum atomic E-state index is -3.60. The zero-order valence-electron chi connectivity index (χ0n) is 19.5. The number of piperazine rings is 1. The van der Waals surface area contributed by atoms with Gasteiger partial charge < -0.3 is 9.80 Å². The second kappa shape index (κ2) is 9.27. The van der Waals surface area contributed by atoms with Crippen LogP contribution in [-0.4, -0.2) is 67.1 Å². The summed E-state index contributed by atoms with van der Waals surface area (Å²) >= 11 is 0. The lowest BCUT2D eigenvalue weighted by atomic mass is 9.90. The average molecular weight is 470 g/mol. The second-order valence-corrected chi connectivity index (χ2v) is 10.9. The van der Waals surface area contributed by atoms with Crippen LogP contribution in [0.25, 0.3) is 0 Å². The summed E-state index contributed by atoms with van der Waals surface area (Å²) in [5, 5.41) is 0. The van der Waals surface area contributed by atoms with Crippen LogP contribution in [0.1, 0.15) is 41.6 Å². The van der Waals surface area contributed by atoms with Gasteiger partial charge in [-0.1, -0.05) is 30.3 Å². The van der Waals surface area contributed by atoms with Gasteiger partial charge in [-0.05, 0) is 54.7 Å². The Hall–Kier alpha value is -2.71. The highest BCUT2D eigenvalue weighted by atomic mass is 32.2. The van der Waals surface area contributed by atoms with Crippen LogP contribution in [0.2, 0.25) is 0 Å². The normalized spacial score (nSPS) is 19.3. The van der Waals surface area contributed by atoms with Crippen molar-refractivity contribution < 1.29 is 18.0 Å². The largest absolute Gasteiger partial charge is 0.340 e. The Morgan fingerprint density at radius 2 is 1.64 bits per heavy atom. The van der Waals surface area contributed by atoms with Crippen molar-refractivity contribution in [3.63, 3.8) is 0 Å². The molecule has 7 nitrogen and oxygen atoms in total. The standard InChI is InChI=1S/C25H31N3O4S/c1-18-8-9-22(16-19(18)2)33(31,32)27-14-12-26(13-15-27)25(30)17-24-23-7-5-4-6-21(23)10-11-28(24)20(3)29/h4-9,16,24H,10-15,17H2,1-3H3. The van der Waals surface area contributed by atoms with E-state index >= 15 is 0 Å².